The van der Waals surface area contributed by atoms with E-state index in [4.69, 9.17) is 18.9 Å². The summed E-state index contributed by atoms with van der Waals surface area (Å²) in [5, 5.41) is 2.45. The van der Waals surface area contributed by atoms with E-state index in [0.29, 0.717) is 22.8 Å². The number of methoxy groups -OCH3 is 3. The molecule has 2 aromatic rings. The van der Waals surface area contributed by atoms with Crippen LogP contribution in [0.15, 0.2) is 36.4 Å². The lowest BCUT2D eigenvalue weighted by atomic mass is 10.2. The number of halogens is 1. The summed E-state index contributed by atoms with van der Waals surface area (Å²) >= 11 is 0. The maximum Gasteiger partial charge on any atom is 0.325 e. The normalized spacial score (nSPS) is 10.1. The SMILES string of the molecule is COc1cc(OC)cc(C(=O)NCC(=O)OCc2cc(F)ccc2OC)c1. The van der Waals surface area contributed by atoms with Crippen molar-refractivity contribution in [3.05, 3.63) is 53.3 Å². The Morgan fingerprint density at radius 3 is 2.22 bits per heavy atom. The van der Waals surface area contributed by atoms with Crippen LogP contribution in [0.3, 0.4) is 0 Å². The third-order valence-corrected chi connectivity index (χ3v) is 3.64. The number of carbonyl (C=O) groups excluding carboxylic acids is 2. The maximum absolute atomic E-state index is 13.3. The second-order valence-electron chi connectivity index (χ2n) is 5.40. The van der Waals surface area contributed by atoms with E-state index in [-0.39, 0.29) is 18.7 Å². The average molecular weight is 377 g/mol. The van der Waals surface area contributed by atoms with Crippen LogP contribution in [0.2, 0.25) is 0 Å². The summed E-state index contributed by atoms with van der Waals surface area (Å²) in [6.07, 6.45) is 0. The van der Waals surface area contributed by atoms with Gasteiger partial charge in [0.2, 0.25) is 0 Å². The molecule has 0 aliphatic heterocycles. The van der Waals surface area contributed by atoms with Gasteiger partial charge < -0.3 is 24.3 Å². The maximum atomic E-state index is 13.3. The molecule has 7 nitrogen and oxygen atoms in total. The molecular formula is C19H20FNO6. The number of hydrogen-bond donors (Lipinski definition) is 1. The van der Waals surface area contributed by atoms with Crippen LogP contribution < -0.4 is 19.5 Å². The molecule has 27 heavy (non-hydrogen) atoms. The van der Waals surface area contributed by atoms with Gasteiger partial charge in [0.1, 0.15) is 36.2 Å². The number of benzene rings is 2. The second-order valence-corrected chi connectivity index (χ2v) is 5.40. The highest BCUT2D eigenvalue weighted by molar-refractivity contribution is 5.96. The highest BCUT2D eigenvalue weighted by Gasteiger charge is 2.13. The van der Waals surface area contributed by atoms with E-state index in [2.05, 4.69) is 5.32 Å². The number of rotatable bonds is 8. The highest BCUT2D eigenvalue weighted by Crippen LogP contribution is 2.22. The summed E-state index contributed by atoms with van der Waals surface area (Å²) in [6, 6.07) is 8.55. The first kappa shape index (κ1) is 20.0. The molecule has 0 bridgehead atoms. The molecule has 144 valence electrons. The topological polar surface area (TPSA) is 83.1 Å². The Morgan fingerprint density at radius 1 is 0.963 bits per heavy atom. The average Bonchev–Trinajstić information content (AvgIpc) is 2.69. The van der Waals surface area contributed by atoms with Crippen molar-refractivity contribution in [1.82, 2.24) is 5.32 Å². The molecule has 2 aromatic carbocycles. The van der Waals surface area contributed by atoms with Gasteiger partial charge in [0.25, 0.3) is 5.91 Å². The molecule has 2 rings (SSSR count). The molecular weight excluding hydrogens is 357 g/mol. The first-order valence-corrected chi connectivity index (χ1v) is 7.96. The van der Waals surface area contributed by atoms with Crippen molar-refractivity contribution in [2.24, 2.45) is 0 Å². The Bertz CT molecular complexity index is 802. The van der Waals surface area contributed by atoms with Gasteiger partial charge in [0.05, 0.1) is 21.3 Å². The lowest BCUT2D eigenvalue weighted by molar-refractivity contribution is -0.143. The van der Waals surface area contributed by atoms with Crippen molar-refractivity contribution in [1.29, 1.82) is 0 Å². The molecule has 0 aliphatic rings. The summed E-state index contributed by atoms with van der Waals surface area (Å²) in [4.78, 5) is 24.1. The van der Waals surface area contributed by atoms with Crippen molar-refractivity contribution < 1.29 is 32.9 Å². The van der Waals surface area contributed by atoms with Crippen LogP contribution in [0, 0.1) is 5.82 Å². The van der Waals surface area contributed by atoms with Gasteiger partial charge in [0, 0.05) is 17.2 Å². The molecule has 0 fully saturated rings. The Balaban J connectivity index is 1.92. The zero-order chi connectivity index (χ0) is 19.8. The molecule has 0 heterocycles. The molecule has 0 spiro atoms. The molecule has 0 atom stereocenters. The number of nitrogens with one attached hydrogen (secondary N) is 1. The Morgan fingerprint density at radius 2 is 1.63 bits per heavy atom. The molecule has 1 amide bonds. The summed E-state index contributed by atoms with van der Waals surface area (Å²) in [7, 11) is 4.37. The summed E-state index contributed by atoms with van der Waals surface area (Å²) in [5.74, 6) is -0.351. The van der Waals surface area contributed by atoms with Crippen LogP contribution >= 0.6 is 0 Å². The standard InChI is InChI=1S/C19H20FNO6/c1-24-15-7-12(8-16(9-15)25-2)19(23)21-10-18(22)27-11-13-6-14(20)4-5-17(13)26-3/h4-9H,10-11H2,1-3H3,(H,21,23). The van der Waals surface area contributed by atoms with E-state index in [1.807, 2.05) is 0 Å². The van der Waals surface area contributed by atoms with Crippen LogP contribution in [0.4, 0.5) is 4.39 Å². The number of carbonyl (C=O) groups is 2. The van der Waals surface area contributed by atoms with Crippen LogP contribution in [0.5, 0.6) is 17.2 Å². The van der Waals surface area contributed by atoms with Crippen molar-refractivity contribution in [2.45, 2.75) is 6.61 Å². The predicted molar refractivity (Wildman–Crippen MR) is 94.6 cm³/mol. The lowest BCUT2D eigenvalue weighted by Crippen LogP contribution is -2.30. The highest BCUT2D eigenvalue weighted by atomic mass is 19.1. The minimum atomic E-state index is -0.676. The molecule has 0 unspecified atom stereocenters. The number of hydrogen-bond acceptors (Lipinski definition) is 6. The van der Waals surface area contributed by atoms with E-state index >= 15 is 0 Å². The van der Waals surface area contributed by atoms with Gasteiger partial charge >= 0.3 is 5.97 Å². The Hall–Kier alpha value is -3.29. The summed E-state index contributed by atoms with van der Waals surface area (Å²) < 4.78 is 33.6. The number of ether oxygens (including phenoxy) is 4. The molecule has 0 aromatic heterocycles. The van der Waals surface area contributed by atoms with Gasteiger partial charge in [-0.2, -0.15) is 0 Å². The largest absolute Gasteiger partial charge is 0.497 e. The predicted octanol–water partition coefficient (Wildman–Crippen LogP) is 2.32. The lowest BCUT2D eigenvalue weighted by Gasteiger charge is -2.11. The summed E-state index contributed by atoms with van der Waals surface area (Å²) in [5.41, 5.74) is 0.653. The minimum absolute atomic E-state index is 0.178. The smallest absolute Gasteiger partial charge is 0.325 e. The van der Waals surface area contributed by atoms with Crippen LogP contribution in [-0.4, -0.2) is 39.8 Å². The van der Waals surface area contributed by atoms with E-state index < -0.39 is 17.7 Å². The second kappa shape index (κ2) is 9.42. The van der Waals surface area contributed by atoms with Gasteiger partial charge in [-0.1, -0.05) is 0 Å². The van der Waals surface area contributed by atoms with Crippen LogP contribution in [0.1, 0.15) is 15.9 Å². The molecule has 1 N–H and O–H groups in total. The Labute approximate surface area is 156 Å². The van der Waals surface area contributed by atoms with Crippen molar-refractivity contribution >= 4 is 11.9 Å². The molecule has 0 aliphatic carbocycles. The number of esters is 1. The van der Waals surface area contributed by atoms with Gasteiger partial charge in [-0.25, -0.2) is 4.39 Å². The number of amides is 1. The zero-order valence-electron chi connectivity index (χ0n) is 15.2. The molecule has 0 radical (unpaired) electrons. The minimum Gasteiger partial charge on any atom is -0.497 e. The first-order valence-electron chi connectivity index (χ1n) is 7.96. The van der Waals surface area contributed by atoms with Crippen LogP contribution in [-0.2, 0) is 16.1 Å². The molecule has 8 heteroatoms. The van der Waals surface area contributed by atoms with Gasteiger partial charge in [-0.05, 0) is 30.3 Å². The first-order chi connectivity index (χ1) is 13.0. The van der Waals surface area contributed by atoms with Crippen LogP contribution in [0.25, 0.3) is 0 Å². The van der Waals surface area contributed by atoms with E-state index in [9.17, 15) is 14.0 Å². The molecule has 0 saturated heterocycles. The third-order valence-electron chi connectivity index (χ3n) is 3.64. The van der Waals surface area contributed by atoms with E-state index in [0.717, 1.165) is 0 Å². The van der Waals surface area contributed by atoms with Gasteiger partial charge in [-0.15, -0.1) is 0 Å². The fraction of sp³-hybridized carbons (Fsp3) is 0.263. The third kappa shape index (κ3) is 5.60. The van der Waals surface area contributed by atoms with E-state index in [1.165, 1.54) is 51.7 Å². The van der Waals surface area contributed by atoms with Gasteiger partial charge in [-0.3, -0.25) is 9.59 Å². The quantitative estimate of drug-likeness (QED) is 0.711. The summed E-state index contributed by atoms with van der Waals surface area (Å²) in [6.45, 7) is -0.529. The van der Waals surface area contributed by atoms with Crippen molar-refractivity contribution in [2.75, 3.05) is 27.9 Å². The monoisotopic (exact) mass is 377 g/mol. The van der Waals surface area contributed by atoms with Gasteiger partial charge in [0.15, 0.2) is 0 Å². The fourth-order valence-corrected chi connectivity index (χ4v) is 2.26. The van der Waals surface area contributed by atoms with Crippen molar-refractivity contribution in [3.63, 3.8) is 0 Å². The zero-order valence-corrected chi connectivity index (χ0v) is 15.2. The van der Waals surface area contributed by atoms with E-state index in [1.54, 1.807) is 6.07 Å². The fourth-order valence-electron chi connectivity index (χ4n) is 2.26. The Kier molecular flexibility index (Phi) is 6.99. The van der Waals surface area contributed by atoms with Crippen molar-refractivity contribution in [3.8, 4) is 17.2 Å². The molecule has 0 saturated carbocycles.